The highest BCUT2D eigenvalue weighted by Crippen LogP contribution is 2.29. The molecule has 2 aromatic rings. The summed E-state index contributed by atoms with van der Waals surface area (Å²) in [6.07, 6.45) is 1.11. The summed E-state index contributed by atoms with van der Waals surface area (Å²) in [6.45, 7) is 5.88. The van der Waals surface area contributed by atoms with Gasteiger partial charge in [0.1, 0.15) is 12.4 Å². The maximum atomic E-state index is 6.11. The molecule has 1 unspecified atom stereocenters. The summed E-state index contributed by atoms with van der Waals surface area (Å²) in [4.78, 5) is 0. The number of benzene rings is 1. The maximum absolute atomic E-state index is 6.11. The quantitative estimate of drug-likeness (QED) is 0.773. The van der Waals surface area contributed by atoms with Gasteiger partial charge in [-0.05, 0) is 60.5 Å². The van der Waals surface area contributed by atoms with Gasteiger partial charge in [0.05, 0.1) is 0 Å². The minimum absolute atomic E-state index is 0.228. The molecule has 0 spiro atoms. The van der Waals surface area contributed by atoms with E-state index in [1.807, 2.05) is 18.2 Å². The van der Waals surface area contributed by atoms with Crippen LogP contribution in [-0.2, 0) is 6.61 Å². The van der Waals surface area contributed by atoms with Crippen LogP contribution in [0.15, 0.2) is 35.0 Å². The van der Waals surface area contributed by atoms with Gasteiger partial charge in [-0.1, -0.05) is 18.5 Å². The van der Waals surface area contributed by atoms with Crippen molar-refractivity contribution >= 4 is 22.9 Å². The van der Waals surface area contributed by atoms with Gasteiger partial charge in [0.25, 0.3) is 0 Å². The number of hydrogen-bond acceptors (Lipinski definition) is 3. The fraction of sp³-hybridized carbons (Fsp3) is 0.375. The lowest BCUT2D eigenvalue weighted by molar-refractivity contribution is 0.300. The molecule has 20 heavy (non-hydrogen) atoms. The zero-order valence-electron chi connectivity index (χ0n) is 11.9. The highest BCUT2D eigenvalue weighted by atomic mass is 35.5. The van der Waals surface area contributed by atoms with E-state index >= 15 is 0 Å². The lowest BCUT2D eigenvalue weighted by atomic mass is 10.1. The SMILES string of the molecule is CCCNC(C)c1cc(Cl)ccc1OCc1ccsc1. The number of rotatable bonds is 7. The van der Waals surface area contributed by atoms with E-state index in [1.165, 1.54) is 5.56 Å². The Morgan fingerprint density at radius 2 is 2.20 bits per heavy atom. The van der Waals surface area contributed by atoms with Crippen LogP contribution in [0.4, 0.5) is 0 Å². The molecule has 4 heteroatoms. The third-order valence-electron chi connectivity index (χ3n) is 3.11. The van der Waals surface area contributed by atoms with Crippen molar-refractivity contribution in [3.8, 4) is 5.75 Å². The number of ether oxygens (including phenoxy) is 1. The van der Waals surface area contributed by atoms with Crippen LogP contribution in [0.25, 0.3) is 0 Å². The summed E-state index contributed by atoms with van der Waals surface area (Å²) in [5.74, 6) is 0.900. The molecule has 1 heterocycles. The van der Waals surface area contributed by atoms with Crippen molar-refractivity contribution in [3.63, 3.8) is 0 Å². The average Bonchev–Trinajstić information content (AvgIpc) is 2.96. The molecule has 2 nitrogen and oxygen atoms in total. The van der Waals surface area contributed by atoms with E-state index in [0.717, 1.165) is 29.3 Å². The molecule has 1 atom stereocenters. The molecular weight excluding hydrogens is 290 g/mol. The first-order valence-corrected chi connectivity index (χ1v) is 8.19. The summed E-state index contributed by atoms with van der Waals surface area (Å²) < 4.78 is 5.95. The lowest BCUT2D eigenvalue weighted by Gasteiger charge is -2.18. The van der Waals surface area contributed by atoms with E-state index in [2.05, 4.69) is 36.0 Å². The van der Waals surface area contributed by atoms with Gasteiger partial charge in [-0.2, -0.15) is 11.3 Å². The molecule has 2 rings (SSSR count). The van der Waals surface area contributed by atoms with E-state index in [-0.39, 0.29) is 6.04 Å². The molecule has 0 aliphatic carbocycles. The summed E-state index contributed by atoms with van der Waals surface area (Å²) >= 11 is 7.80. The molecule has 0 aliphatic heterocycles. The van der Waals surface area contributed by atoms with E-state index in [1.54, 1.807) is 11.3 Å². The van der Waals surface area contributed by atoms with Gasteiger partial charge in [0.15, 0.2) is 0 Å². The zero-order valence-corrected chi connectivity index (χ0v) is 13.4. The van der Waals surface area contributed by atoms with Gasteiger partial charge in [-0.25, -0.2) is 0 Å². The van der Waals surface area contributed by atoms with Gasteiger partial charge in [0.2, 0.25) is 0 Å². The van der Waals surface area contributed by atoms with Crippen molar-refractivity contribution in [1.29, 1.82) is 0 Å². The molecule has 1 aromatic carbocycles. The van der Waals surface area contributed by atoms with Crippen LogP contribution in [0.3, 0.4) is 0 Å². The smallest absolute Gasteiger partial charge is 0.124 e. The maximum Gasteiger partial charge on any atom is 0.124 e. The van der Waals surface area contributed by atoms with Gasteiger partial charge < -0.3 is 10.1 Å². The minimum Gasteiger partial charge on any atom is -0.489 e. The number of thiophene rings is 1. The van der Waals surface area contributed by atoms with Crippen LogP contribution in [0.2, 0.25) is 5.02 Å². The predicted octanol–water partition coefficient (Wildman–Crippen LogP) is 5.04. The first kappa shape index (κ1) is 15.4. The monoisotopic (exact) mass is 309 g/mol. The highest BCUT2D eigenvalue weighted by molar-refractivity contribution is 7.07. The van der Waals surface area contributed by atoms with E-state index in [9.17, 15) is 0 Å². The molecule has 0 amide bonds. The molecule has 0 radical (unpaired) electrons. The summed E-state index contributed by atoms with van der Waals surface area (Å²) in [6, 6.07) is 8.12. The normalized spacial score (nSPS) is 12.3. The van der Waals surface area contributed by atoms with Gasteiger partial charge in [-0.15, -0.1) is 0 Å². The van der Waals surface area contributed by atoms with Crippen LogP contribution >= 0.6 is 22.9 Å². The molecule has 0 saturated carbocycles. The van der Waals surface area contributed by atoms with Gasteiger partial charge in [-0.3, -0.25) is 0 Å². The van der Waals surface area contributed by atoms with Gasteiger partial charge in [0, 0.05) is 16.6 Å². The number of hydrogen-bond donors (Lipinski definition) is 1. The van der Waals surface area contributed by atoms with Crippen molar-refractivity contribution in [2.75, 3.05) is 6.54 Å². The molecule has 0 saturated heterocycles. The second-order valence-corrected chi connectivity index (χ2v) is 5.99. The minimum atomic E-state index is 0.228. The van der Waals surface area contributed by atoms with Crippen molar-refractivity contribution < 1.29 is 4.74 Å². The standard InChI is InChI=1S/C16H20ClNOS/c1-3-7-18-12(2)15-9-14(17)4-5-16(15)19-10-13-6-8-20-11-13/h4-6,8-9,11-12,18H,3,7,10H2,1-2H3. The molecule has 0 aliphatic rings. The third-order valence-corrected chi connectivity index (χ3v) is 4.08. The number of halogens is 1. The Morgan fingerprint density at radius 1 is 1.35 bits per heavy atom. The summed E-state index contributed by atoms with van der Waals surface area (Å²) in [5.41, 5.74) is 2.31. The highest BCUT2D eigenvalue weighted by Gasteiger charge is 2.12. The first-order chi connectivity index (χ1) is 9.70. The molecule has 0 fully saturated rings. The fourth-order valence-electron chi connectivity index (χ4n) is 2.00. The van der Waals surface area contributed by atoms with Crippen molar-refractivity contribution in [3.05, 3.63) is 51.2 Å². The second-order valence-electron chi connectivity index (χ2n) is 4.78. The van der Waals surface area contributed by atoms with Crippen LogP contribution in [0.1, 0.15) is 37.4 Å². The van der Waals surface area contributed by atoms with Crippen LogP contribution < -0.4 is 10.1 Å². The average molecular weight is 310 g/mol. The summed E-state index contributed by atoms with van der Waals surface area (Å²) in [7, 11) is 0. The Morgan fingerprint density at radius 3 is 2.90 bits per heavy atom. The predicted molar refractivity (Wildman–Crippen MR) is 86.8 cm³/mol. The van der Waals surface area contributed by atoms with Crippen molar-refractivity contribution in [2.45, 2.75) is 32.9 Å². The Kier molecular flexibility index (Phi) is 5.89. The van der Waals surface area contributed by atoms with Crippen LogP contribution in [-0.4, -0.2) is 6.54 Å². The third kappa shape index (κ3) is 4.23. The largest absolute Gasteiger partial charge is 0.489 e. The molecule has 1 N–H and O–H groups in total. The molecular formula is C16H20ClNOS. The van der Waals surface area contributed by atoms with E-state index in [0.29, 0.717) is 6.61 Å². The van der Waals surface area contributed by atoms with E-state index in [4.69, 9.17) is 16.3 Å². The van der Waals surface area contributed by atoms with Gasteiger partial charge >= 0.3 is 0 Å². The Labute approximate surface area is 129 Å². The Hall–Kier alpha value is -1.03. The molecule has 0 bridgehead atoms. The second kappa shape index (κ2) is 7.67. The Bertz CT molecular complexity index is 527. The number of nitrogens with one attached hydrogen (secondary N) is 1. The first-order valence-electron chi connectivity index (χ1n) is 6.87. The van der Waals surface area contributed by atoms with Crippen LogP contribution in [0.5, 0.6) is 5.75 Å². The van der Waals surface area contributed by atoms with Crippen molar-refractivity contribution in [2.24, 2.45) is 0 Å². The zero-order chi connectivity index (χ0) is 14.4. The topological polar surface area (TPSA) is 21.3 Å². The fourth-order valence-corrected chi connectivity index (χ4v) is 2.83. The lowest BCUT2D eigenvalue weighted by Crippen LogP contribution is -2.20. The molecule has 108 valence electrons. The summed E-state index contributed by atoms with van der Waals surface area (Å²) in [5, 5.41) is 8.38. The van der Waals surface area contributed by atoms with E-state index < -0.39 is 0 Å². The molecule has 1 aromatic heterocycles. The van der Waals surface area contributed by atoms with Crippen LogP contribution in [0, 0.1) is 0 Å². The van der Waals surface area contributed by atoms with Crippen molar-refractivity contribution in [1.82, 2.24) is 5.32 Å². The Balaban J connectivity index is 2.10.